The van der Waals surface area contributed by atoms with Gasteiger partial charge in [0.25, 0.3) is 5.91 Å². The van der Waals surface area contributed by atoms with Gasteiger partial charge in [-0.1, -0.05) is 17.7 Å². The Bertz CT molecular complexity index is 435. The number of amides is 1. The lowest BCUT2D eigenvalue weighted by Gasteiger charge is -2.34. The van der Waals surface area contributed by atoms with E-state index >= 15 is 0 Å². The Morgan fingerprint density at radius 3 is 2.59 bits per heavy atom. The van der Waals surface area contributed by atoms with Gasteiger partial charge in [-0.3, -0.25) is 4.79 Å². The van der Waals surface area contributed by atoms with Gasteiger partial charge in [-0.05, 0) is 26.0 Å². The Labute approximate surface area is 110 Å². The number of carbonyl (C=O) groups excluding carboxylic acids is 1. The van der Waals surface area contributed by atoms with Crippen LogP contribution in [0.4, 0.5) is 4.39 Å². The number of alkyl halides is 1. The molecule has 5 heteroatoms. The molecule has 0 saturated carbocycles. The summed E-state index contributed by atoms with van der Waals surface area (Å²) in [4.78, 5) is 13.6. The summed E-state index contributed by atoms with van der Waals surface area (Å²) in [5, 5.41) is -0.158. The van der Waals surface area contributed by atoms with E-state index in [4.69, 9.17) is 23.2 Å². The zero-order chi connectivity index (χ0) is 13.2. The maximum atomic E-state index is 13.3. The highest BCUT2D eigenvalue weighted by atomic mass is 35.5. The van der Waals surface area contributed by atoms with Gasteiger partial charge in [0.2, 0.25) is 0 Å². The third-order valence-corrected chi connectivity index (χ3v) is 3.76. The lowest BCUT2D eigenvalue weighted by atomic mass is 10.0. The molecular weight excluding hydrogens is 264 g/mol. The molecule has 1 aromatic rings. The van der Waals surface area contributed by atoms with Crippen LogP contribution >= 0.6 is 23.2 Å². The first kappa shape index (κ1) is 14.3. The van der Waals surface area contributed by atoms with Gasteiger partial charge in [0, 0.05) is 12.9 Å². The minimum absolute atomic E-state index is 0.146. The van der Waals surface area contributed by atoms with E-state index in [1.165, 1.54) is 23.1 Å². The first-order valence-electron chi connectivity index (χ1n) is 5.09. The number of nitrogens with zero attached hydrogens (tertiary/aromatic N) is 1. The van der Waals surface area contributed by atoms with Crippen molar-refractivity contribution in [1.82, 2.24) is 4.90 Å². The Morgan fingerprint density at radius 1 is 1.47 bits per heavy atom. The van der Waals surface area contributed by atoms with Crippen molar-refractivity contribution in [2.24, 2.45) is 0 Å². The predicted octanol–water partition coefficient (Wildman–Crippen LogP) is 3.57. The maximum absolute atomic E-state index is 13.3. The molecule has 1 rings (SSSR count). The fraction of sp³-hybridized carbons (Fsp3) is 0.417. The van der Waals surface area contributed by atoms with Crippen molar-refractivity contribution in [1.29, 1.82) is 0 Å². The molecule has 0 fully saturated rings. The third-order valence-electron chi connectivity index (χ3n) is 2.72. The van der Waals surface area contributed by atoms with Gasteiger partial charge in [0.05, 0.1) is 16.1 Å². The van der Waals surface area contributed by atoms with Crippen LogP contribution in [0.3, 0.4) is 0 Å². The van der Waals surface area contributed by atoms with Crippen LogP contribution in [0.5, 0.6) is 0 Å². The van der Waals surface area contributed by atoms with E-state index in [1.807, 2.05) is 13.8 Å². The third kappa shape index (κ3) is 2.90. The fourth-order valence-corrected chi connectivity index (χ4v) is 1.60. The molecule has 0 aliphatic rings. The molecule has 0 atom stereocenters. The highest BCUT2D eigenvalue weighted by molar-refractivity contribution is 6.34. The van der Waals surface area contributed by atoms with Crippen molar-refractivity contribution < 1.29 is 9.18 Å². The number of hydrogen-bond acceptors (Lipinski definition) is 1. The average Bonchev–Trinajstić information content (AvgIpc) is 2.30. The van der Waals surface area contributed by atoms with Crippen molar-refractivity contribution in [3.05, 3.63) is 34.6 Å². The first-order chi connectivity index (χ1) is 7.81. The van der Waals surface area contributed by atoms with Crippen molar-refractivity contribution in [2.45, 2.75) is 19.4 Å². The van der Waals surface area contributed by atoms with E-state index in [1.54, 1.807) is 7.05 Å². The van der Waals surface area contributed by atoms with Gasteiger partial charge in [-0.15, -0.1) is 11.6 Å². The molecule has 0 saturated heterocycles. The monoisotopic (exact) mass is 277 g/mol. The van der Waals surface area contributed by atoms with E-state index in [0.717, 1.165) is 0 Å². The van der Waals surface area contributed by atoms with Crippen LogP contribution in [0, 0.1) is 5.82 Å². The number of hydrogen-bond donors (Lipinski definition) is 0. The fourth-order valence-electron chi connectivity index (χ4n) is 1.21. The predicted molar refractivity (Wildman–Crippen MR) is 68.3 cm³/mol. The Kier molecular flexibility index (Phi) is 4.39. The van der Waals surface area contributed by atoms with Crippen LogP contribution < -0.4 is 0 Å². The van der Waals surface area contributed by atoms with Gasteiger partial charge in [-0.2, -0.15) is 0 Å². The maximum Gasteiger partial charge on any atom is 0.255 e. The van der Waals surface area contributed by atoms with Gasteiger partial charge < -0.3 is 4.90 Å². The SMILES string of the molecule is CN(C(=O)c1cccc(F)c1Cl)C(C)(C)CCl. The molecule has 1 amide bonds. The zero-order valence-corrected chi connectivity index (χ0v) is 11.4. The van der Waals surface area contributed by atoms with Crippen molar-refractivity contribution in [3.63, 3.8) is 0 Å². The summed E-state index contributed by atoms with van der Waals surface area (Å²) in [6, 6.07) is 4.16. The molecule has 0 spiro atoms. The van der Waals surface area contributed by atoms with E-state index in [0.29, 0.717) is 0 Å². The van der Waals surface area contributed by atoms with Crippen LogP contribution in [-0.2, 0) is 0 Å². The smallest absolute Gasteiger partial charge is 0.255 e. The molecule has 0 aromatic heterocycles. The topological polar surface area (TPSA) is 20.3 Å². The molecule has 0 N–H and O–H groups in total. The van der Waals surface area contributed by atoms with Crippen LogP contribution in [-0.4, -0.2) is 29.3 Å². The molecule has 0 bridgehead atoms. The lowest BCUT2D eigenvalue weighted by Crippen LogP contribution is -2.46. The summed E-state index contributed by atoms with van der Waals surface area (Å²) >= 11 is 11.6. The normalized spacial score (nSPS) is 11.4. The van der Waals surface area contributed by atoms with E-state index in [2.05, 4.69) is 0 Å². The molecule has 0 unspecified atom stereocenters. The Hall–Kier alpha value is -0.800. The Balaban J connectivity index is 3.09. The molecule has 94 valence electrons. The summed E-state index contributed by atoms with van der Waals surface area (Å²) < 4.78 is 13.3. The van der Waals surface area contributed by atoms with Gasteiger partial charge >= 0.3 is 0 Å². The standard InChI is InChI=1S/C12H14Cl2FNO/c1-12(2,7-13)16(3)11(17)8-5-4-6-9(15)10(8)14/h4-6H,7H2,1-3H3. The minimum atomic E-state index is -0.602. The highest BCUT2D eigenvalue weighted by Crippen LogP contribution is 2.24. The van der Waals surface area contributed by atoms with E-state index < -0.39 is 11.4 Å². The number of rotatable bonds is 3. The summed E-state index contributed by atoms with van der Waals surface area (Å²) in [5.41, 5.74) is -0.374. The second kappa shape index (κ2) is 5.23. The second-order valence-electron chi connectivity index (χ2n) is 4.41. The summed E-state index contributed by atoms with van der Waals surface area (Å²) in [5.74, 6) is -0.669. The van der Waals surface area contributed by atoms with Crippen LogP contribution in [0.1, 0.15) is 24.2 Å². The molecule has 0 aliphatic heterocycles. The first-order valence-corrected chi connectivity index (χ1v) is 6.00. The largest absolute Gasteiger partial charge is 0.335 e. The number of benzene rings is 1. The van der Waals surface area contributed by atoms with Gasteiger partial charge in [0.15, 0.2) is 0 Å². The van der Waals surface area contributed by atoms with E-state index in [-0.39, 0.29) is 22.4 Å². The van der Waals surface area contributed by atoms with Gasteiger partial charge in [-0.25, -0.2) is 4.39 Å². The Morgan fingerprint density at radius 2 is 2.06 bits per heavy atom. The molecule has 17 heavy (non-hydrogen) atoms. The summed E-state index contributed by atoms with van der Waals surface area (Å²) in [6.07, 6.45) is 0. The van der Waals surface area contributed by atoms with Crippen molar-refractivity contribution >= 4 is 29.1 Å². The quantitative estimate of drug-likeness (QED) is 0.774. The lowest BCUT2D eigenvalue weighted by molar-refractivity contribution is 0.0660. The summed E-state index contributed by atoms with van der Waals surface area (Å²) in [6.45, 7) is 3.65. The number of halogens is 3. The van der Waals surface area contributed by atoms with Crippen LogP contribution in [0.2, 0.25) is 5.02 Å². The number of carbonyl (C=O) groups is 1. The summed E-state index contributed by atoms with van der Waals surface area (Å²) in [7, 11) is 1.62. The van der Waals surface area contributed by atoms with Crippen molar-refractivity contribution in [2.75, 3.05) is 12.9 Å². The second-order valence-corrected chi connectivity index (χ2v) is 5.06. The molecule has 0 heterocycles. The molecule has 1 aromatic carbocycles. The molecular formula is C12H14Cl2FNO. The van der Waals surface area contributed by atoms with Crippen LogP contribution in [0.25, 0.3) is 0 Å². The minimum Gasteiger partial charge on any atom is -0.335 e. The van der Waals surface area contributed by atoms with Crippen LogP contribution in [0.15, 0.2) is 18.2 Å². The van der Waals surface area contributed by atoms with Gasteiger partial charge in [0.1, 0.15) is 5.82 Å². The molecule has 0 radical (unpaired) electrons. The molecule has 2 nitrogen and oxygen atoms in total. The highest BCUT2D eigenvalue weighted by Gasteiger charge is 2.28. The zero-order valence-electron chi connectivity index (χ0n) is 9.93. The average molecular weight is 278 g/mol. The molecule has 0 aliphatic carbocycles. The van der Waals surface area contributed by atoms with Crippen molar-refractivity contribution in [3.8, 4) is 0 Å². The van der Waals surface area contributed by atoms with E-state index in [9.17, 15) is 9.18 Å².